The molecule has 1 heterocycles. The summed E-state index contributed by atoms with van der Waals surface area (Å²) in [5.74, 6) is 0.618. The van der Waals surface area contributed by atoms with Crippen LogP contribution in [0, 0.1) is 10.1 Å². The van der Waals surface area contributed by atoms with Gasteiger partial charge < -0.3 is 5.32 Å². The van der Waals surface area contributed by atoms with Gasteiger partial charge in [0.25, 0.3) is 5.69 Å². The first kappa shape index (κ1) is 14.8. The minimum atomic E-state index is -0.383. The van der Waals surface area contributed by atoms with Crippen molar-refractivity contribution in [3.63, 3.8) is 0 Å². The highest BCUT2D eigenvalue weighted by atomic mass is 79.9. The van der Waals surface area contributed by atoms with Crippen molar-refractivity contribution in [2.75, 3.05) is 12.4 Å². The molecule has 1 aromatic carbocycles. The zero-order valence-electron chi connectivity index (χ0n) is 10.7. The van der Waals surface area contributed by atoms with Crippen LogP contribution >= 0.6 is 27.7 Å². The van der Waals surface area contributed by atoms with Gasteiger partial charge in [-0.05, 0) is 39.7 Å². The van der Waals surface area contributed by atoms with Crippen molar-refractivity contribution in [1.29, 1.82) is 0 Å². The lowest BCUT2D eigenvalue weighted by molar-refractivity contribution is -0.384. The summed E-state index contributed by atoms with van der Waals surface area (Å²) in [7, 11) is 1.80. The molecule has 7 heteroatoms. The topological polar surface area (TPSA) is 68.1 Å². The Bertz CT molecular complexity index is 620. The third-order valence-electron chi connectivity index (χ3n) is 2.64. The zero-order valence-corrected chi connectivity index (χ0v) is 13.1. The first-order valence-electron chi connectivity index (χ1n) is 5.79. The number of non-ortho nitro benzene ring substituents is 1. The molecule has 2 rings (SSSR count). The Morgan fingerprint density at radius 1 is 1.40 bits per heavy atom. The quantitative estimate of drug-likeness (QED) is 0.498. The summed E-state index contributed by atoms with van der Waals surface area (Å²) in [6, 6.07) is 8.64. The van der Waals surface area contributed by atoms with Crippen LogP contribution in [-0.2, 0) is 5.75 Å². The molecule has 2 aromatic rings. The maximum absolute atomic E-state index is 10.8. The van der Waals surface area contributed by atoms with E-state index >= 15 is 0 Å². The molecule has 104 valence electrons. The molecule has 0 saturated heterocycles. The van der Waals surface area contributed by atoms with Crippen LogP contribution in [0.3, 0.4) is 0 Å². The van der Waals surface area contributed by atoms with Gasteiger partial charge in [-0.1, -0.05) is 0 Å². The molecule has 0 atom stereocenters. The lowest BCUT2D eigenvalue weighted by Gasteiger charge is -2.08. The molecule has 1 N–H and O–H groups in total. The Kier molecular flexibility index (Phi) is 4.97. The molecule has 20 heavy (non-hydrogen) atoms. The van der Waals surface area contributed by atoms with Gasteiger partial charge in [0, 0.05) is 41.3 Å². The van der Waals surface area contributed by atoms with E-state index in [4.69, 9.17) is 0 Å². The van der Waals surface area contributed by atoms with Crippen molar-refractivity contribution in [2.24, 2.45) is 0 Å². The van der Waals surface area contributed by atoms with Gasteiger partial charge in [-0.2, -0.15) is 0 Å². The molecule has 0 radical (unpaired) electrons. The molecular weight excluding hydrogens is 342 g/mol. The molecule has 0 bridgehead atoms. The monoisotopic (exact) mass is 353 g/mol. The van der Waals surface area contributed by atoms with E-state index in [1.807, 2.05) is 12.1 Å². The average molecular weight is 354 g/mol. The Labute approximate surface area is 129 Å². The van der Waals surface area contributed by atoms with E-state index in [0.29, 0.717) is 5.75 Å². The van der Waals surface area contributed by atoms with E-state index in [1.165, 1.54) is 17.8 Å². The maximum atomic E-state index is 10.8. The Morgan fingerprint density at radius 2 is 2.20 bits per heavy atom. The van der Waals surface area contributed by atoms with Crippen LogP contribution < -0.4 is 5.32 Å². The van der Waals surface area contributed by atoms with Gasteiger partial charge >= 0.3 is 0 Å². The van der Waals surface area contributed by atoms with E-state index in [2.05, 4.69) is 26.2 Å². The number of thioether (sulfide) groups is 1. The molecule has 0 saturated carbocycles. The second-order valence-corrected chi connectivity index (χ2v) is 5.86. The minimum Gasteiger partial charge on any atom is -0.388 e. The largest absolute Gasteiger partial charge is 0.388 e. The number of nitro groups is 1. The van der Waals surface area contributed by atoms with Crippen LogP contribution in [0.15, 0.2) is 46.0 Å². The number of rotatable bonds is 5. The van der Waals surface area contributed by atoms with Gasteiger partial charge in [-0.15, -0.1) is 11.8 Å². The third kappa shape index (κ3) is 3.71. The van der Waals surface area contributed by atoms with E-state index in [-0.39, 0.29) is 10.6 Å². The molecule has 1 aromatic heterocycles. The molecule has 0 aliphatic rings. The molecular formula is C13H12BrN3O2S. The second kappa shape index (κ2) is 6.71. The summed E-state index contributed by atoms with van der Waals surface area (Å²) in [5.41, 5.74) is 1.87. The van der Waals surface area contributed by atoms with Crippen molar-refractivity contribution < 1.29 is 4.92 Å². The highest BCUT2D eigenvalue weighted by Gasteiger charge is 2.10. The molecule has 0 aliphatic carbocycles. The van der Waals surface area contributed by atoms with Crippen molar-refractivity contribution >= 4 is 39.1 Å². The molecule has 0 aliphatic heterocycles. The summed E-state index contributed by atoms with van der Waals surface area (Å²) >= 11 is 4.87. The summed E-state index contributed by atoms with van der Waals surface area (Å²) in [6.07, 6.45) is 1.73. The van der Waals surface area contributed by atoms with Crippen molar-refractivity contribution in [1.82, 2.24) is 4.98 Å². The van der Waals surface area contributed by atoms with Gasteiger partial charge in [0.05, 0.1) is 9.95 Å². The fourth-order valence-electron chi connectivity index (χ4n) is 1.66. The highest BCUT2D eigenvalue weighted by molar-refractivity contribution is 9.10. The first-order valence-corrected chi connectivity index (χ1v) is 7.57. The molecule has 0 amide bonds. The van der Waals surface area contributed by atoms with Gasteiger partial charge in [0.2, 0.25) is 0 Å². The van der Waals surface area contributed by atoms with Crippen molar-refractivity contribution in [3.05, 3.63) is 56.7 Å². The van der Waals surface area contributed by atoms with Crippen LogP contribution in [0.2, 0.25) is 0 Å². The van der Waals surface area contributed by atoms with Gasteiger partial charge in [0.15, 0.2) is 0 Å². The molecule has 5 nitrogen and oxygen atoms in total. The van der Waals surface area contributed by atoms with Crippen molar-refractivity contribution in [2.45, 2.75) is 10.8 Å². The van der Waals surface area contributed by atoms with Crippen LogP contribution in [0.25, 0.3) is 0 Å². The summed E-state index contributed by atoms with van der Waals surface area (Å²) in [4.78, 5) is 14.7. The Balaban J connectivity index is 2.16. The number of anilines is 1. The van der Waals surface area contributed by atoms with Crippen molar-refractivity contribution in [3.8, 4) is 0 Å². The van der Waals surface area contributed by atoms with E-state index < -0.39 is 0 Å². The minimum absolute atomic E-state index is 0.100. The fourth-order valence-corrected chi connectivity index (χ4v) is 2.72. The Morgan fingerprint density at radius 3 is 2.80 bits per heavy atom. The predicted octanol–water partition coefficient (Wildman–Crippen LogP) is 4.09. The number of nitrogens with one attached hydrogen (secondary N) is 1. The lowest BCUT2D eigenvalue weighted by Crippen LogP contribution is -1.97. The van der Waals surface area contributed by atoms with E-state index in [1.54, 1.807) is 25.4 Å². The number of pyridine rings is 1. The van der Waals surface area contributed by atoms with Crippen LogP contribution in [-0.4, -0.2) is 17.0 Å². The number of benzene rings is 1. The van der Waals surface area contributed by atoms with Crippen LogP contribution in [0.5, 0.6) is 0 Å². The highest BCUT2D eigenvalue weighted by Crippen LogP contribution is 2.28. The molecule has 0 unspecified atom stereocenters. The van der Waals surface area contributed by atoms with Crippen LogP contribution in [0.1, 0.15) is 5.56 Å². The summed E-state index contributed by atoms with van der Waals surface area (Å²) in [6.45, 7) is 0. The standard InChI is InChI=1S/C13H12BrN3O2S/c1-15-12-4-3-11(17(18)19)6-9(12)8-20-13-5-2-10(14)7-16-13/h2-7,15H,8H2,1H3. The third-order valence-corrected chi connectivity index (χ3v) is 4.11. The van der Waals surface area contributed by atoms with Gasteiger partial charge in [-0.25, -0.2) is 4.98 Å². The number of aromatic nitrogens is 1. The predicted molar refractivity (Wildman–Crippen MR) is 84.1 cm³/mol. The Hall–Kier alpha value is -1.60. The average Bonchev–Trinajstić information content (AvgIpc) is 2.46. The van der Waals surface area contributed by atoms with Gasteiger partial charge in [-0.3, -0.25) is 10.1 Å². The number of nitro benzene ring substituents is 1. The number of halogens is 1. The zero-order chi connectivity index (χ0) is 14.5. The van der Waals surface area contributed by atoms with E-state index in [9.17, 15) is 10.1 Å². The SMILES string of the molecule is CNc1ccc([N+](=O)[O-])cc1CSc1ccc(Br)cn1. The first-order chi connectivity index (χ1) is 9.60. The number of hydrogen-bond donors (Lipinski definition) is 1. The fraction of sp³-hybridized carbons (Fsp3) is 0.154. The molecule has 0 spiro atoms. The van der Waals surface area contributed by atoms with Crippen LogP contribution in [0.4, 0.5) is 11.4 Å². The van der Waals surface area contributed by atoms with Gasteiger partial charge in [0.1, 0.15) is 0 Å². The number of hydrogen-bond acceptors (Lipinski definition) is 5. The lowest BCUT2D eigenvalue weighted by atomic mass is 10.2. The second-order valence-electron chi connectivity index (χ2n) is 3.95. The summed E-state index contributed by atoms with van der Waals surface area (Å²) < 4.78 is 0.924. The van der Waals surface area contributed by atoms with E-state index in [0.717, 1.165) is 20.7 Å². The maximum Gasteiger partial charge on any atom is 0.269 e. The normalized spacial score (nSPS) is 10.3. The molecule has 0 fully saturated rings. The number of nitrogens with zero attached hydrogens (tertiary/aromatic N) is 2. The smallest absolute Gasteiger partial charge is 0.269 e. The summed E-state index contributed by atoms with van der Waals surface area (Å²) in [5, 5.41) is 14.7.